The van der Waals surface area contributed by atoms with Crippen LogP contribution in [0.1, 0.15) is 10.4 Å². The number of amides is 1. The Bertz CT molecular complexity index is 954. The van der Waals surface area contributed by atoms with Gasteiger partial charge in [0.05, 0.1) is 0 Å². The molecule has 0 spiro atoms. The second kappa shape index (κ2) is 5.46. The highest BCUT2D eigenvalue weighted by atomic mass is 16.3. The van der Waals surface area contributed by atoms with Crippen LogP contribution in [0.3, 0.4) is 0 Å². The van der Waals surface area contributed by atoms with Crippen molar-refractivity contribution in [2.45, 2.75) is 0 Å². The van der Waals surface area contributed by atoms with Crippen LogP contribution in [0, 0.1) is 0 Å². The smallest absolute Gasteiger partial charge is 0.255 e. The maximum atomic E-state index is 12.3. The van der Waals surface area contributed by atoms with Crippen LogP contribution in [0.4, 0.5) is 5.69 Å². The molecule has 0 bridgehead atoms. The predicted molar refractivity (Wildman–Crippen MR) is 87.7 cm³/mol. The number of carbonyl (C=O) groups is 1. The first-order valence-corrected chi connectivity index (χ1v) is 7.18. The van der Waals surface area contributed by atoms with Crippen LogP contribution in [0.5, 0.6) is 0 Å². The SMILES string of the molecule is O=C(Nc1ccc2ocnc2c1)c1ccc(-n2cccc2)cc1. The topological polar surface area (TPSA) is 60.1 Å². The summed E-state index contributed by atoms with van der Waals surface area (Å²) < 4.78 is 7.17. The van der Waals surface area contributed by atoms with Crippen molar-refractivity contribution < 1.29 is 9.21 Å². The quantitative estimate of drug-likeness (QED) is 0.625. The highest BCUT2D eigenvalue weighted by molar-refractivity contribution is 6.05. The van der Waals surface area contributed by atoms with Crippen molar-refractivity contribution in [1.29, 1.82) is 0 Å². The number of benzene rings is 2. The van der Waals surface area contributed by atoms with Gasteiger partial charge in [-0.2, -0.15) is 0 Å². The fourth-order valence-electron chi connectivity index (χ4n) is 2.43. The molecular formula is C18H13N3O2. The second-order valence-electron chi connectivity index (χ2n) is 5.13. The molecule has 0 atom stereocenters. The first-order valence-electron chi connectivity index (χ1n) is 7.18. The number of anilines is 1. The number of oxazole rings is 1. The summed E-state index contributed by atoms with van der Waals surface area (Å²) >= 11 is 0. The number of nitrogens with zero attached hydrogens (tertiary/aromatic N) is 2. The molecule has 0 radical (unpaired) electrons. The summed E-state index contributed by atoms with van der Waals surface area (Å²) in [6.45, 7) is 0. The van der Waals surface area contributed by atoms with E-state index in [-0.39, 0.29) is 5.91 Å². The van der Waals surface area contributed by atoms with Crippen LogP contribution >= 0.6 is 0 Å². The zero-order chi connectivity index (χ0) is 15.6. The Morgan fingerprint density at radius 3 is 2.61 bits per heavy atom. The number of nitrogens with one attached hydrogen (secondary N) is 1. The monoisotopic (exact) mass is 303 g/mol. The summed E-state index contributed by atoms with van der Waals surface area (Å²) in [5.74, 6) is -0.160. The molecule has 0 saturated heterocycles. The lowest BCUT2D eigenvalue weighted by atomic mass is 10.2. The molecule has 0 unspecified atom stereocenters. The van der Waals surface area contributed by atoms with E-state index in [9.17, 15) is 4.79 Å². The predicted octanol–water partition coefficient (Wildman–Crippen LogP) is 3.87. The van der Waals surface area contributed by atoms with Crippen LogP contribution in [0.15, 0.2) is 77.8 Å². The molecule has 2 aromatic carbocycles. The molecule has 0 aliphatic heterocycles. The van der Waals surface area contributed by atoms with Crippen LogP contribution < -0.4 is 5.32 Å². The summed E-state index contributed by atoms with van der Waals surface area (Å²) in [6, 6.07) is 16.7. The third-order valence-electron chi connectivity index (χ3n) is 3.62. The minimum Gasteiger partial charge on any atom is -0.443 e. The molecule has 0 fully saturated rings. The average molecular weight is 303 g/mol. The van der Waals surface area contributed by atoms with Crippen molar-refractivity contribution in [2.75, 3.05) is 5.32 Å². The van der Waals surface area contributed by atoms with Gasteiger partial charge in [-0.05, 0) is 54.6 Å². The van der Waals surface area contributed by atoms with E-state index in [0.29, 0.717) is 22.4 Å². The van der Waals surface area contributed by atoms with Gasteiger partial charge in [-0.15, -0.1) is 0 Å². The largest absolute Gasteiger partial charge is 0.443 e. The number of hydrogen-bond donors (Lipinski definition) is 1. The molecule has 0 aliphatic carbocycles. The van der Waals surface area contributed by atoms with Crippen molar-refractivity contribution in [2.24, 2.45) is 0 Å². The van der Waals surface area contributed by atoms with Crippen molar-refractivity contribution in [3.63, 3.8) is 0 Å². The zero-order valence-corrected chi connectivity index (χ0v) is 12.1. The van der Waals surface area contributed by atoms with E-state index in [1.165, 1.54) is 6.39 Å². The summed E-state index contributed by atoms with van der Waals surface area (Å²) in [5.41, 5.74) is 3.70. The molecule has 1 N–H and O–H groups in total. The van der Waals surface area contributed by atoms with E-state index in [4.69, 9.17) is 4.42 Å². The Hall–Kier alpha value is -3.34. The molecule has 0 saturated carbocycles. The Morgan fingerprint density at radius 2 is 1.83 bits per heavy atom. The lowest BCUT2D eigenvalue weighted by molar-refractivity contribution is 0.102. The van der Waals surface area contributed by atoms with Crippen LogP contribution in [-0.2, 0) is 0 Å². The Morgan fingerprint density at radius 1 is 1.04 bits per heavy atom. The highest BCUT2D eigenvalue weighted by Gasteiger charge is 2.08. The summed E-state index contributed by atoms with van der Waals surface area (Å²) in [4.78, 5) is 16.4. The third-order valence-corrected chi connectivity index (χ3v) is 3.62. The van der Waals surface area contributed by atoms with E-state index in [0.717, 1.165) is 5.69 Å². The standard InChI is InChI=1S/C18H13N3O2/c22-18(20-14-5-8-17-16(11-14)19-12-23-17)13-3-6-15(7-4-13)21-9-1-2-10-21/h1-12H,(H,20,22). The van der Waals surface area contributed by atoms with E-state index < -0.39 is 0 Å². The molecule has 1 amide bonds. The van der Waals surface area contributed by atoms with E-state index in [2.05, 4.69) is 10.3 Å². The van der Waals surface area contributed by atoms with Gasteiger partial charge < -0.3 is 14.3 Å². The van der Waals surface area contributed by atoms with E-state index in [1.54, 1.807) is 30.3 Å². The highest BCUT2D eigenvalue weighted by Crippen LogP contribution is 2.18. The van der Waals surface area contributed by atoms with Gasteiger partial charge in [0.1, 0.15) is 5.52 Å². The molecule has 2 aromatic heterocycles. The minimum atomic E-state index is -0.160. The molecule has 5 nitrogen and oxygen atoms in total. The minimum absolute atomic E-state index is 0.160. The van der Waals surface area contributed by atoms with Gasteiger partial charge in [-0.1, -0.05) is 0 Å². The molecule has 0 aliphatic rings. The number of rotatable bonds is 3. The fourth-order valence-corrected chi connectivity index (χ4v) is 2.43. The van der Waals surface area contributed by atoms with Gasteiger partial charge in [-0.25, -0.2) is 4.98 Å². The van der Waals surface area contributed by atoms with Gasteiger partial charge in [0.15, 0.2) is 12.0 Å². The molecule has 23 heavy (non-hydrogen) atoms. The maximum Gasteiger partial charge on any atom is 0.255 e. The van der Waals surface area contributed by atoms with Crippen LogP contribution in [0.2, 0.25) is 0 Å². The van der Waals surface area contributed by atoms with Gasteiger partial charge in [0.2, 0.25) is 0 Å². The van der Waals surface area contributed by atoms with Crippen LogP contribution in [-0.4, -0.2) is 15.5 Å². The van der Waals surface area contributed by atoms with E-state index in [1.807, 2.05) is 41.2 Å². The molecular weight excluding hydrogens is 290 g/mol. The fraction of sp³-hybridized carbons (Fsp3) is 0. The number of carbonyl (C=O) groups excluding carboxylic acids is 1. The van der Waals surface area contributed by atoms with Crippen molar-refractivity contribution in [3.8, 4) is 5.69 Å². The molecule has 4 rings (SSSR count). The number of fused-ring (bicyclic) bond motifs is 1. The third kappa shape index (κ3) is 2.60. The summed E-state index contributed by atoms with van der Waals surface area (Å²) in [7, 11) is 0. The Kier molecular flexibility index (Phi) is 3.16. The molecule has 2 heterocycles. The molecule has 112 valence electrons. The summed E-state index contributed by atoms with van der Waals surface area (Å²) in [6.07, 6.45) is 5.31. The lowest BCUT2D eigenvalue weighted by Gasteiger charge is -2.07. The molecule has 5 heteroatoms. The van der Waals surface area contributed by atoms with Crippen molar-refractivity contribution in [1.82, 2.24) is 9.55 Å². The number of hydrogen-bond acceptors (Lipinski definition) is 3. The van der Waals surface area contributed by atoms with E-state index >= 15 is 0 Å². The van der Waals surface area contributed by atoms with Gasteiger partial charge >= 0.3 is 0 Å². The first-order chi connectivity index (χ1) is 11.3. The average Bonchev–Trinajstić information content (AvgIpc) is 3.26. The van der Waals surface area contributed by atoms with Crippen molar-refractivity contribution >= 4 is 22.7 Å². The number of aromatic nitrogens is 2. The zero-order valence-electron chi connectivity index (χ0n) is 12.1. The maximum absolute atomic E-state index is 12.3. The second-order valence-corrected chi connectivity index (χ2v) is 5.13. The van der Waals surface area contributed by atoms with Gasteiger partial charge in [-0.3, -0.25) is 4.79 Å². The summed E-state index contributed by atoms with van der Waals surface area (Å²) in [5, 5.41) is 2.87. The van der Waals surface area contributed by atoms with Gasteiger partial charge in [0.25, 0.3) is 5.91 Å². The molecule has 4 aromatic rings. The van der Waals surface area contributed by atoms with Crippen LogP contribution in [0.25, 0.3) is 16.8 Å². The van der Waals surface area contributed by atoms with Gasteiger partial charge in [0, 0.05) is 29.3 Å². The van der Waals surface area contributed by atoms with Crippen molar-refractivity contribution in [3.05, 3.63) is 78.9 Å². The Labute approximate surface area is 132 Å². The lowest BCUT2D eigenvalue weighted by Crippen LogP contribution is -2.11. The normalized spacial score (nSPS) is 10.8. The first kappa shape index (κ1) is 13.3. The Balaban J connectivity index is 1.54.